The summed E-state index contributed by atoms with van der Waals surface area (Å²) in [4.78, 5) is 40.4. The summed E-state index contributed by atoms with van der Waals surface area (Å²) >= 11 is 1.02. The zero-order valence-electron chi connectivity index (χ0n) is 12.1. The van der Waals surface area contributed by atoms with Crippen LogP contribution in [0.3, 0.4) is 0 Å². The number of thioether (sulfide) groups is 1. The number of aromatic nitrogens is 2. The molecule has 9 nitrogen and oxygen atoms in total. The van der Waals surface area contributed by atoms with E-state index in [0.717, 1.165) is 11.8 Å². The van der Waals surface area contributed by atoms with Gasteiger partial charge in [0.25, 0.3) is 5.56 Å². The van der Waals surface area contributed by atoms with Gasteiger partial charge >= 0.3 is 5.97 Å². The van der Waals surface area contributed by atoms with Gasteiger partial charge in [0.15, 0.2) is 5.17 Å². The zero-order valence-corrected chi connectivity index (χ0v) is 12.9. The fourth-order valence-electron chi connectivity index (χ4n) is 2.06. The normalized spacial score (nSPS) is 19.2. The number of hydrogen-bond donors (Lipinski definition) is 3. The van der Waals surface area contributed by atoms with Gasteiger partial charge in [-0.2, -0.15) is 5.10 Å². The number of aromatic amines is 1. The van der Waals surface area contributed by atoms with Crippen molar-refractivity contribution < 1.29 is 14.7 Å². The van der Waals surface area contributed by atoms with Crippen molar-refractivity contribution in [2.75, 3.05) is 0 Å². The number of nitrogens with zero attached hydrogens (tertiary/aromatic N) is 3. The van der Waals surface area contributed by atoms with Gasteiger partial charge < -0.3 is 15.4 Å². The Bertz CT molecular complexity index is 936. The Balaban J connectivity index is 1.75. The number of fused-ring (bicyclic) bond motifs is 1. The number of amidine groups is 1. The van der Waals surface area contributed by atoms with Crippen molar-refractivity contribution in [1.82, 2.24) is 15.3 Å². The molecule has 3 N–H and O–H groups in total. The van der Waals surface area contributed by atoms with Gasteiger partial charge in [-0.25, -0.2) is 4.98 Å². The number of nitrogens with one attached hydrogen (secondary N) is 2. The zero-order chi connectivity index (χ0) is 17.1. The largest absolute Gasteiger partial charge is 0.481 e. The maximum Gasteiger partial charge on any atom is 0.305 e. The standard InChI is InChI=1S/C14H11N5O4S/c20-11(21)4-10-13(23)18-14(24-10)19-17-5-7-1-2-9-8(3-7)12(22)16-6-15-9/h1-3,5-6,10H,4H2,(H,20,21)(H,15,16,22)(H,18,19,23). The van der Waals surface area contributed by atoms with Crippen LogP contribution in [0.25, 0.3) is 10.9 Å². The topological polar surface area (TPSA) is 137 Å². The van der Waals surface area contributed by atoms with Crippen LogP contribution in [0.1, 0.15) is 12.0 Å². The molecule has 122 valence electrons. The molecule has 0 radical (unpaired) electrons. The SMILES string of the molecule is O=C(O)CC1SC(=NN=Cc2ccc3nc[nH]c(=O)c3c2)NC1=O. The molecule has 1 aromatic carbocycles. The number of amides is 1. The Morgan fingerprint density at radius 2 is 2.25 bits per heavy atom. The molecule has 1 saturated heterocycles. The highest BCUT2D eigenvalue weighted by Gasteiger charge is 2.32. The number of carboxylic acid groups (broad SMARTS) is 1. The molecule has 1 amide bonds. The van der Waals surface area contributed by atoms with Gasteiger partial charge in [-0.1, -0.05) is 17.8 Å². The number of H-pyrrole nitrogens is 1. The average Bonchev–Trinajstić information content (AvgIpc) is 2.87. The van der Waals surface area contributed by atoms with Crippen LogP contribution in [-0.4, -0.2) is 43.6 Å². The summed E-state index contributed by atoms with van der Waals surface area (Å²) in [5, 5.41) is 18.9. The third kappa shape index (κ3) is 3.49. The van der Waals surface area contributed by atoms with Crippen LogP contribution >= 0.6 is 11.8 Å². The molecule has 3 rings (SSSR count). The van der Waals surface area contributed by atoms with Crippen molar-refractivity contribution in [1.29, 1.82) is 0 Å². The van der Waals surface area contributed by atoms with Crippen LogP contribution in [0.2, 0.25) is 0 Å². The third-order valence-corrected chi connectivity index (χ3v) is 4.23. The smallest absolute Gasteiger partial charge is 0.305 e. The molecular formula is C14H11N5O4S. The average molecular weight is 345 g/mol. The fourth-order valence-corrected chi connectivity index (χ4v) is 2.97. The van der Waals surface area contributed by atoms with Gasteiger partial charge in [0.05, 0.1) is 29.9 Å². The van der Waals surface area contributed by atoms with Gasteiger partial charge in [-0.15, -0.1) is 5.10 Å². The lowest BCUT2D eigenvalue weighted by Crippen LogP contribution is -2.26. The molecule has 1 aliphatic heterocycles. The summed E-state index contributed by atoms with van der Waals surface area (Å²) in [6.45, 7) is 0. The Labute approximate surface area is 138 Å². The highest BCUT2D eigenvalue weighted by molar-refractivity contribution is 8.15. The first-order chi connectivity index (χ1) is 11.5. The Morgan fingerprint density at radius 3 is 3.04 bits per heavy atom. The molecule has 2 aromatic rings. The maximum absolute atomic E-state index is 11.7. The Kier molecular flexibility index (Phi) is 4.38. The van der Waals surface area contributed by atoms with E-state index >= 15 is 0 Å². The molecule has 1 unspecified atom stereocenters. The third-order valence-electron chi connectivity index (χ3n) is 3.16. The van der Waals surface area contributed by atoms with Crippen molar-refractivity contribution in [2.24, 2.45) is 10.2 Å². The van der Waals surface area contributed by atoms with Crippen LogP contribution in [0.5, 0.6) is 0 Å². The molecule has 0 bridgehead atoms. The van der Waals surface area contributed by atoms with Crippen LogP contribution in [0, 0.1) is 0 Å². The molecule has 1 aromatic heterocycles. The molecule has 0 spiro atoms. The number of aliphatic carboxylic acids is 1. The minimum atomic E-state index is -1.05. The molecule has 1 aliphatic rings. The van der Waals surface area contributed by atoms with Crippen molar-refractivity contribution >= 4 is 45.9 Å². The van der Waals surface area contributed by atoms with Gasteiger partial charge in [0.2, 0.25) is 5.91 Å². The highest BCUT2D eigenvalue weighted by Crippen LogP contribution is 2.22. The van der Waals surface area contributed by atoms with Crippen LogP contribution in [0.15, 0.2) is 39.5 Å². The fraction of sp³-hybridized carbons (Fsp3) is 0.143. The summed E-state index contributed by atoms with van der Waals surface area (Å²) < 4.78 is 0. The lowest BCUT2D eigenvalue weighted by molar-refractivity contribution is -0.138. The van der Waals surface area contributed by atoms with Crippen molar-refractivity contribution in [3.63, 3.8) is 0 Å². The maximum atomic E-state index is 11.7. The van der Waals surface area contributed by atoms with E-state index in [4.69, 9.17) is 5.11 Å². The van der Waals surface area contributed by atoms with Gasteiger partial charge in [0.1, 0.15) is 5.25 Å². The Morgan fingerprint density at radius 1 is 1.42 bits per heavy atom. The van der Waals surface area contributed by atoms with E-state index in [1.165, 1.54) is 12.5 Å². The number of benzene rings is 1. The molecular weight excluding hydrogens is 334 g/mol. The molecule has 1 fully saturated rings. The predicted octanol–water partition coefficient (Wildman–Crippen LogP) is 0.319. The van der Waals surface area contributed by atoms with E-state index in [1.807, 2.05) is 0 Å². The van der Waals surface area contributed by atoms with Gasteiger partial charge in [-0.05, 0) is 17.7 Å². The Hall–Kier alpha value is -3.01. The second-order valence-corrected chi connectivity index (χ2v) is 6.04. The van der Waals surface area contributed by atoms with Crippen LogP contribution < -0.4 is 10.9 Å². The van der Waals surface area contributed by atoms with Crippen LogP contribution in [-0.2, 0) is 9.59 Å². The van der Waals surface area contributed by atoms with Gasteiger partial charge in [-0.3, -0.25) is 14.4 Å². The summed E-state index contributed by atoms with van der Waals surface area (Å²) in [5.41, 5.74) is 0.954. The summed E-state index contributed by atoms with van der Waals surface area (Å²) in [6, 6.07) is 5.04. The second-order valence-electron chi connectivity index (χ2n) is 4.85. The van der Waals surface area contributed by atoms with E-state index in [2.05, 4.69) is 25.5 Å². The molecule has 10 heteroatoms. The minimum Gasteiger partial charge on any atom is -0.481 e. The molecule has 0 aliphatic carbocycles. The highest BCUT2D eigenvalue weighted by atomic mass is 32.2. The summed E-state index contributed by atoms with van der Waals surface area (Å²) in [5.74, 6) is -1.46. The molecule has 2 heterocycles. The van der Waals surface area contributed by atoms with Crippen molar-refractivity contribution in [3.8, 4) is 0 Å². The number of carboxylic acids is 1. The summed E-state index contributed by atoms with van der Waals surface area (Å²) in [6.07, 6.45) is 2.48. The van der Waals surface area contributed by atoms with E-state index in [1.54, 1.807) is 18.2 Å². The monoisotopic (exact) mass is 345 g/mol. The predicted molar refractivity (Wildman–Crippen MR) is 89.2 cm³/mol. The number of carbonyl (C=O) groups is 2. The van der Waals surface area contributed by atoms with Crippen LogP contribution in [0.4, 0.5) is 0 Å². The van der Waals surface area contributed by atoms with E-state index in [9.17, 15) is 14.4 Å². The number of rotatable bonds is 4. The molecule has 1 atom stereocenters. The minimum absolute atomic E-state index is 0.239. The summed E-state index contributed by atoms with van der Waals surface area (Å²) in [7, 11) is 0. The van der Waals surface area contributed by atoms with E-state index in [-0.39, 0.29) is 17.1 Å². The van der Waals surface area contributed by atoms with Crippen molar-refractivity contribution in [3.05, 3.63) is 40.4 Å². The lowest BCUT2D eigenvalue weighted by atomic mass is 10.1. The number of carbonyl (C=O) groups excluding carboxylic acids is 1. The molecule has 0 saturated carbocycles. The van der Waals surface area contributed by atoms with Crippen molar-refractivity contribution in [2.45, 2.75) is 11.7 Å². The first-order valence-corrected chi connectivity index (χ1v) is 7.68. The quantitative estimate of drug-likeness (QED) is 0.539. The first kappa shape index (κ1) is 15.9. The van der Waals surface area contributed by atoms with Gasteiger partial charge in [0, 0.05) is 0 Å². The van der Waals surface area contributed by atoms with E-state index < -0.39 is 17.1 Å². The first-order valence-electron chi connectivity index (χ1n) is 6.81. The second kappa shape index (κ2) is 6.62. The number of hydrogen-bond acceptors (Lipinski definition) is 7. The molecule has 24 heavy (non-hydrogen) atoms. The van der Waals surface area contributed by atoms with E-state index in [0.29, 0.717) is 16.5 Å². The lowest BCUT2D eigenvalue weighted by Gasteiger charge is -1.98.